The Morgan fingerprint density at radius 3 is 3.05 bits per heavy atom. The molecular formula is C15H18N2OS3. The number of carbonyl (C=O) groups is 1. The summed E-state index contributed by atoms with van der Waals surface area (Å²) in [7, 11) is 0. The third kappa shape index (κ3) is 3.33. The van der Waals surface area contributed by atoms with E-state index in [9.17, 15) is 4.79 Å². The van der Waals surface area contributed by atoms with Crippen LogP contribution in [-0.4, -0.2) is 35.0 Å². The molecule has 3 nitrogen and oxygen atoms in total. The fourth-order valence-electron chi connectivity index (χ4n) is 2.34. The summed E-state index contributed by atoms with van der Waals surface area (Å²) in [5.41, 5.74) is 7.93. The second-order valence-electron chi connectivity index (χ2n) is 5.12. The van der Waals surface area contributed by atoms with Crippen molar-refractivity contribution in [2.24, 2.45) is 0 Å². The minimum atomic E-state index is -0.0393. The molecule has 1 aromatic carbocycles. The van der Waals surface area contributed by atoms with E-state index in [2.05, 4.69) is 11.4 Å². The van der Waals surface area contributed by atoms with Gasteiger partial charge < -0.3 is 11.1 Å². The maximum atomic E-state index is 12.4. The monoisotopic (exact) mass is 338 g/mol. The standard InChI is InChI=1S/C15H18N2OS3/c1-9-2-3-12-11(6-9)13(16)14(21-12)15(18)17-7-10-8-19-4-5-20-10/h2-3,6,10H,4-5,7-8,16H2,1H3,(H,17,18). The minimum absolute atomic E-state index is 0.0393. The molecule has 0 saturated carbocycles. The van der Waals surface area contributed by atoms with Gasteiger partial charge in [0.05, 0.1) is 5.69 Å². The van der Waals surface area contributed by atoms with E-state index < -0.39 is 0 Å². The van der Waals surface area contributed by atoms with Crippen molar-refractivity contribution in [2.75, 3.05) is 29.5 Å². The molecule has 3 N–H and O–H groups in total. The zero-order chi connectivity index (χ0) is 14.8. The Kier molecular flexibility index (Phi) is 4.66. The summed E-state index contributed by atoms with van der Waals surface area (Å²) in [6.07, 6.45) is 0. The molecule has 0 bridgehead atoms. The smallest absolute Gasteiger partial charge is 0.263 e. The van der Waals surface area contributed by atoms with Crippen LogP contribution in [0.5, 0.6) is 0 Å². The third-order valence-electron chi connectivity index (χ3n) is 3.46. The van der Waals surface area contributed by atoms with Crippen LogP contribution in [0, 0.1) is 6.92 Å². The quantitative estimate of drug-likeness (QED) is 0.901. The van der Waals surface area contributed by atoms with Crippen molar-refractivity contribution in [1.29, 1.82) is 0 Å². The van der Waals surface area contributed by atoms with Gasteiger partial charge >= 0.3 is 0 Å². The first kappa shape index (κ1) is 15.1. The van der Waals surface area contributed by atoms with Gasteiger partial charge in [-0.3, -0.25) is 4.79 Å². The summed E-state index contributed by atoms with van der Waals surface area (Å²) < 4.78 is 1.07. The highest BCUT2D eigenvalue weighted by molar-refractivity contribution is 8.06. The van der Waals surface area contributed by atoms with Crippen molar-refractivity contribution in [1.82, 2.24) is 5.32 Å². The molecule has 0 spiro atoms. The molecule has 21 heavy (non-hydrogen) atoms. The van der Waals surface area contributed by atoms with Crippen LogP contribution >= 0.6 is 34.9 Å². The summed E-state index contributed by atoms with van der Waals surface area (Å²) >= 11 is 5.39. The van der Waals surface area contributed by atoms with Crippen LogP contribution < -0.4 is 11.1 Å². The van der Waals surface area contributed by atoms with Gasteiger partial charge in [-0.25, -0.2) is 0 Å². The Balaban J connectivity index is 1.73. The second kappa shape index (κ2) is 6.50. The zero-order valence-corrected chi connectivity index (χ0v) is 14.3. The van der Waals surface area contributed by atoms with Gasteiger partial charge in [0.15, 0.2) is 0 Å². The van der Waals surface area contributed by atoms with E-state index in [1.54, 1.807) is 0 Å². The number of anilines is 1. The van der Waals surface area contributed by atoms with Crippen molar-refractivity contribution in [3.05, 3.63) is 28.6 Å². The Hall–Kier alpha value is -0.850. The topological polar surface area (TPSA) is 55.1 Å². The molecule has 1 aromatic heterocycles. The molecule has 1 unspecified atom stereocenters. The SMILES string of the molecule is Cc1ccc2sc(C(=O)NCC3CSCCS3)c(N)c2c1. The summed E-state index contributed by atoms with van der Waals surface area (Å²) in [4.78, 5) is 13.0. The maximum absolute atomic E-state index is 12.4. The number of hydrogen-bond acceptors (Lipinski definition) is 5. The molecule has 6 heteroatoms. The molecule has 112 valence electrons. The number of nitrogen functional groups attached to an aromatic ring is 1. The number of nitrogens with two attached hydrogens (primary N) is 1. The third-order valence-corrected chi connectivity index (χ3v) is 7.49. The first-order valence-corrected chi connectivity index (χ1v) is 9.93. The Morgan fingerprint density at radius 1 is 1.43 bits per heavy atom. The molecule has 1 aliphatic heterocycles. The lowest BCUT2D eigenvalue weighted by atomic mass is 10.1. The number of thioether (sulfide) groups is 2. The number of benzene rings is 1. The van der Waals surface area contributed by atoms with Gasteiger partial charge in [-0.1, -0.05) is 11.6 Å². The number of hydrogen-bond donors (Lipinski definition) is 2. The van der Waals surface area contributed by atoms with Crippen LogP contribution in [0.25, 0.3) is 10.1 Å². The predicted molar refractivity (Wildman–Crippen MR) is 96.9 cm³/mol. The van der Waals surface area contributed by atoms with Gasteiger partial charge in [0.2, 0.25) is 0 Å². The number of fused-ring (bicyclic) bond motifs is 1. The van der Waals surface area contributed by atoms with Crippen LogP contribution in [0.2, 0.25) is 0 Å². The average molecular weight is 339 g/mol. The largest absolute Gasteiger partial charge is 0.397 e. The van der Waals surface area contributed by atoms with Crippen molar-refractivity contribution in [3.63, 3.8) is 0 Å². The highest BCUT2D eigenvalue weighted by Gasteiger charge is 2.19. The molecule has 1 amide bonds. The molecular weight excluding hydrogens is 320 g/mol. The maximum Gasteiger partial charge on any atom is 0.263 e. The van der Waals surface area contributed by atoms with Crippen molar-refractivity contribution < 1.29 is 4.79 Å². The highest BCUT2D eigenvalue weighted by Crippen LogP contribution is 2.34. The fourth-order valence-corrected chi connectivity index (χ4v) is 5.97. The van der Waals surface area contributed by atoms with Gasteiger partial charge in [-0.15, -0.1) is 11.3 Å². The lowest BCUT2D eigenvalue weighted by molar-refractivity contribution is 0.0959. The van der Waals surface area contributed by atoms with Gasteiger partial charge in [0, 0.05) is 39.1 Å². The average Bonchev–Trinajstić information content (AvgIpc) is 2.83. The van der Waals surface area contributed by atoms with E-state index in [1.165, 1.54) is 22.8 Å². The Morgan fingerprint density at radius 2 is 2.29 bits per heavy atom. The van der Waals surface area contributed by atoms with Gasteiger partial charge in [0.1, 0.15) is 4.88 Å². The van der Waals surface area contributed by atoms with E-state index in [1.807, 2.05) is 42.6 Å². The van der Waals surface area contributed by atoms with Crippen LogP contribution in [0.1, 0.15) is 15.2 Å². The van der Waals surface area contributed by atoms with Gasteiger partial charge in [-0.2, -0.15) is 23.5 Å². The van der Waals surface area contributed by atoms with Crippen LogP contribution in [-0.2, 0) is 0 Å². The highest BCUT2D eigenvalue weighted by atomic mass is 32.2. The second-order valence-corrected chi connectivity index (χ2v) is 8.73. The first-order valence-electron chi connectivity index (χ1n) is 6.91. The summed E-state index contributed by atoms with van der Waals surface area (Å²) in [6, 6.07) is 6.14. The number of thiophene rings is 1. The minimum Gasteiger partial charge on any atom is -0.397 e. The normalized spacial score (nSPS) is 18.8. The molecule has 1 saturated heterocycles. The van der Waals surface area contributed by atoms with Crippen molar-refractivity contribution >= 4 is 56.5 Å². The molecule has 1 atom stereocenters. The first-order chi connectivity index (χ1) is 10.1. The van der Waals surface area contributed by atoms with E-state index in [0.717, 1.165) is 27.9 Å². The van der Waals surface area contributed by atoms with E-state index in [4.69, 9.17) is 5.73 Å². The van der Waals surface area contributed by atoms with Crippen molar-refractivity contribution in [2.45, 2.75) is 12.2 Å². The number of nitrogens with one attached hydrogen (secondary N) is 1. The summed E-state index contributed by atoms with van der Waals surface area (Å²) in [5.74, 6) is 3.47. The van der Waals surface area contributed by atoms with Crippen LogP contribution in [0.4, 0.5) is 5.69 Å². The van der Waals surface area contributed by atoms with Crippen molar-refractivity contribution in [3.8, 4) is 0 Å². The molecule has 1 aliphatic rings. The molecule has 0 aliphatic carbocycles. The number of carbonyl (C=O) groups excluding carboxylic acids is 1. The molecule has 0 radical (unpaired) electrons. The van der Waals surface area contributed by atoms with Crippen LogP contribution in [0.3, 0.4) is 0 Å². The van der Waals surface area contributed by atoms with Gasteiger partial charge in [0.25, 0.3) is 5.91 Å². The summed E-state index contributed by atoms with van der Waals surface area (Å²) in [6.45, 7) is 2.76. The lowest BCUT2D eigenvalue weighted by Crippen LogP contribution is -2.33. The number of amides is 1. The Bertz CT molecular complexity index is 662. The van der Waals surface area contributed by atoms with Crippen LogP contribution in [0.15, 0.2) is 18.2 Å². The molecule has 2 heterocycles. The van der Waals surface area contributed by atoms with E-state index >= 15 is 0 Å². The Labute approximate surface area is 137 Å². The molecule has 1 fully saturated rings. The molecule has 3 rings (SSSR count). The number of rotatable bonds is 3. The molecule has 2 aromatic rings. The fraction of sp³-hybridized carbons (Fsp3) is 0.400. The number of aryl methyl sites for hydroxylation is 1. The lowest BCUT2D eigenvalue weighted by Gasteiger charge is -2.20. The van der Waals surface area contributed by atoms with E-state index in [0.29, 0.717) is 15.8 Å². The zero-order valence-electron chi connectivity index (χ0n) is 11.8. The van der Waals surface area contributed by atoms with Gasteiger partial charge in [-0.05, 0) is 19.1 Å². The van der Waals surface area contributed by atoms with E-state index in [-0.39, 0.29) is 5.91 Å². The summed E-state index contributed by atoms with van der Waals surface area (Å²) in [5, 5.41) is 4.55. The predicted octanol–water partition coefficient (Wildman–Crippen LogP) is 3.37.